The van der Waals surface area contributed by atoms with Crippen molar-refractivity contribution < 1.29 is 9.63 Å². The highest BCUT2D eigenvalue weighted by atomic mass is 79.9. The summed E-state index contributed by atoms with van der Waals surface area (Å²) < 4.78 is 6.05. The number of nitrogens with zero attached hydrogens (tertiary/aromatic N) is 3. The molecule has 20 heavy (non-hydrogen) atoms. The fourth-order valence-corrected chi connectivity index (χ4v) is 2.17. The summed E-state index contributed by atoms with van der Waals surface area (Å²) in [5.74, 6) is 0.814. The quantitative estimate of drug-likeness (QED) is 0.777. The van der Waals surface area contributed by atoms with Crippen molar-refractivity contribution in [3.05, 3.63) is 46.7 Å². The van der Waals surface area contributed by atoms with Crippen LogP contribution >= 0.6 is 15.9 Å². The lowest BCUT2D eigenvalue weighted by atomic mass is 10.1. The SMILES string of the molecule is Cc1ccc(O)c(-c2nc(-c3cncc(Br)c3)no2)c1. The van der Waals surface area contributed by atoms with E-state index in [0.29, 0.717) is 11.4 Å². The number of phenols is 1. The van der Waals surface area contributed by atoms with Crippen molar-refractivity contribution in [3.8, 4) is 28.6 Å². The van der Waals surface area contributed by atoms with Gasteiger partial charge in [-0.05, 0) is 41.1 Å². The van der Waals surface area contributed by atoms with E-state index in [4.69, 9.17) is 4.52 Å². The first kappa shape index (κ1) is 12.8. The van der Waals surface area contributed by atoms with E-state index >= 15 is 0 Å². The highest BCUT2D eigenvalue weighted by molar-refractivity contribution is 9.10. The summed E-state index contributed by atoms with van der Waals surface area (Å²) in [7, 11) is 0. The average Bonchev–Trinajstić information content (AvgIpc) is 2.91. The van der Waals surface area contributed by atoms with Gasteiger partial charge in [0.15, 0.2) is 0 Å². The maximum atomic E-state index is 9.86. The number of benzene rings is 1. The first-order valence-corrected chi connectivity index (χ1v) is 6.67. The van der Waals surface area contributed by atoms with Crippen LogP contribution in [-0.4, -0.2) is 20.2 Å². The normalized spacial score (nSPS) is 10.7. The lowest BCUT2D eigenvalue weighted by molar-refractivity contribution is 0.425. The molecule has 0 unspecified atom stereocenters. The number of phenolic OH excluding ortho intramolecular Hbond substituents is 1. The Hall–Kier alpha value is -2.21. The Labute approximate surface area is 123 Å². The molecule has 0 fully saturated rings. The Morgan fingerprint density at radius 2 is 2.05 bits per heavy atom. The number of aromatic nitrogens is 3. The predicted octanol–water partition coefficient (Wildman–Crippen LogP) is 3.58. The van der Waals surface area contributed by atoms with Gasteiger partial charge in [0, 0.05) is 22.4 Å². The van der Waals surface area contributed by atoms with Crippen LogP contribution in [-0.2, 0) is 0 Å². The van der Waals surface area contributed by atoms with E-state index in [9.17, 15) is 5.11 Å². The minimum Gasteiger partial charge on any atom is -0.507 e. The Balaban J connectivity index is 2.04. The molecule has 0 radical (unpaired) electrons. The van der Waals surface area contributed by atoms with Crippen LogP contribution in [0, 0.1) is 6.92 Å². The van der Waals surface area contributed by atoms with Gasteiger partial charge in [-0.15, -0.1) is 0 Å². The Bertz CT molecular complexity index is 771. The summed E-state index contributed by atoms with van der Waals surface area (Å²) in [6.07, 6.45) is 3.33. The van der Waals surface area contributed by atoms with E-state index in [1.54, 1.807) is 24.5 Å². The molecule has 100 valence electrons. The Kier molecular flexibility index (Phi) is 3.23. The molecule has 2 heterocycles. The number of aryl methyl sites for hydroxylation is 1. The van der Waals surface area contributed by atoms with Gasteiger partial charge >= 0.3 is 0 Å². The number of rotatable bonds is 2. The number of hydrogen-bond donors (Lipinski definition) is 1. The minimum absolute atomic E-state index is 0.109. The van der Waals surface area contributed by atoms with Gasteiger partial charge in [-0.1, -0.05) is 16.8 Å². The highest BCUT2D eigenvalue weighted by Gasteiger charge is 2.14. The van der Waals surface area contributed by atoms with Gasteiger partial charge < -0.3 is 9.63 Å². The topological polar surface area (TPSA) is 72.0 Å². The zero-order valence-electron chi connectivity index (χ0n) is 10.5. The van der Waals surface area contributed by atoms with Gasteiger partial charge in [-0.2, -0.15) is 4.98 Å². The number of pyridine rings is 1. The largest absolute Gasteiger partial charge is 0.507 e. The zero-order valence-corrected chi connectivity index (χ0v) is 12.1. The van der Waals surface area contributed by atoms with Gasteiger partial charge in [0.1, 0.15) is 5.75 Å². The van der Waals surface area contributed by atoms with Crippen molar-refractivity contribution >= 4 is 15.9 Å². The average molecular weight is 332 g/mol. The molecule has 0 saturated carbocycles. The van der Waals surface area contributed by atoms with Crippen LogP contribution in [0.1, 0.15) is 5.56 Å². The fraction of sp³-hybridized carbons (Fsp3) is 0.0714. The lowest BCUT2D eigenvalue weighted by Crippen LogP contribution is -1.84. The number of aromatic hydroxyl groups is 1. The maximum Gasteiger partial charge on any atom is 0.262 e. The van der Waals surface area contributed by atoms with E-state index in [0.717, 1.165) is 15.6 Å². The highest BCUT2D eigenvalue weighted by Crippen LogP contribution is 2.30. The van der Waals surface area contributed by atoms with Crippen LogP contribution in [0.25, 0.3) is 22.8 Å². The first-order chi connectivity index (χ1) is 9.63. The van der Waals surface area contributed by atoms with Crippen molar-refractivity contribution in [2.24, 2.45) is 0 Å². The van der Waals surface area contributed by atoms with Crippen molar-refractivity contribution in [2.45, 2.75) is 6.92 Å². The third-order valence-electron chi connectivity index (χ3n) is 2.77. The first-order valence-electron chi connectivity index (χ1n) is 5.88. The molecule has 0 aliphatic heterocycles. The van der Waals surface area contributed by atoms with Crippen LogP contribution in [0.5, 0.6) is 5.75 Å². The minimum atomic E-state index is 0.109. The third-order valence-corrected chi connectivity index (χ3v) is 3.21. The summed E-state index contributed by atoms with van der Waals surface area (Å²) >= 11 is 3.34. The van der Waals surface area contributed by atoms with Crippen molar-refractivity contribution in [1.29, 1.82) is 0 Å². The monoisotopic (exact) mass is 331 g/mol. The summed E-state index contributed by atoms with van der Waals surface area (Å²) in [4.78, 5) is 8.35. The molecule has 0 atom stereocenters. The van der Waals surface area contributed by atoms with E-state index < -0.39 is 0 Å². The molecular formula is C14H10BrN3O2. The van der Waals surface area contributed by atoms with Crippen molar-refractivity contribution in [3.63, 3.8) is 0 Å². The van der Waals surface area contributed by atoms with Crippen LogP contribution in [0.3, 0.4) is 0 Å². The van der Waals surface area contributed by atoms with Crippen LogP contribution in [0.4, 0.5) is 0 Å². The molecule has 1 aromatic carbocycles. The van der Waals surface area contributed by atoms with E-state index in [1.165, 1.54) is 0 Å². The van der Waals surface area contributed by atoms with Crippen LogP contribution < -0.4 is 0 Å². The van der Waals surface area contributed by atoms with Crippen LogP contribution in [0.15, 0.2) is 45.7 Å². The van der Waals surface area contributed by atoms with Gasteiger partial charge in [-0.3, -0.25) is 4.98 Å². The summed E-state index contributed by atoms with van der Waals surface area (Å²) in [5.41, 5.74) is 2.26. The molecule has 0 amide bonds. The number of hydrogen-bond acceptors (Lipinski definition) is 5. The second-order valence-electron chi connectivity index (χ2n) is 4.34. The summed E-state index contributed by atoms with van der Waals surface area (Å²) in [6.45, 7) is 1.93. The smallest absolute Gasteiger partial charge is 0.262 e. The molecule has 0 aliphatic rings. The summed E-state index contributed by atoms with van der Waals surface area (Å²) in [6, 6.07) is 7.06. The second-order valence-corrected chi connectivity index (χ2v) is 5.25. The molecule has 6 heteroatoms. The van der Waals surface area contributed by atoms with Gasteiger partial charge in [0.05, 0.1) is 5.56 Å². The van der Waals surface area contributed by atoms with Gasteiger partial charge in [0.25, 0.3) is 5.89 Å². The van der Waals surface area contributed by atoms with E-state index in [2.05, 4.69) is 31.1 Å². The third kappa shape index (κ3) is 2.42. The maximum absolute atomic E-state index is 9.86. The van der Waals surface area contributed by atoms with E-state index in [1.807, 2.05) is 19.1 Å². The molecule has 3 rings (SSSR count). The molecule has 3 aromatic rings. The summed E-state index contributed by atoms with van der Waals surface area (Å²) in [5, 5.41) is 13.8. The molecule has 1 N–H and O–H groups in total. The predicted molar refractivity (Wildman–Crippen MR) is 77.1 cm³/mol. The van der Waals surface area contributed by atoms with E-state index in [-0.39, 0.29) is 11.6 Å². The zero-order chi connectivity index (χ0) is 14.1. The molecule has 0 bridgehead atoms. The standard InChI is InChI=1S/C14H10BrN3O2/c1-8-2-3-12(19)11(4-8)14-17-13(18-20-14)9-5-10(15)7-16-6-9/h2-7,19H,1H3. The lowest BCUT2D eigenvalue weighted by Gasteiger charge is -2.00. The molecule has 0 spiro atoms. The van der Waals surface area contributed by atoms with Crippen molar-refractivity contribution in [1.82, 2.24) is 15.1 Å². The molecule has 0 saturated heterocycles. The Morgan fingerprint density at radius 1 is 1.20 bits per heavy atom. The molecular weight excluding hydrogens is 322 g/mol. The number of halogens is 1. The van der Waals surface area contributed by atoms with Gasteiger partial charge in [0.2, 0.25) is 5.82 Å². The molecule has 2 aromatic heterocycles. The second kappa shape index (κ2) is 5.05. The fourth-order valence-electron chi connectivity index (χ4n) is 1.81. The Morgan fingerprint density at radius 3 is 2.85 bits per heavy atom. The van der Waals surface area contributed by atoms with Crippen molar-refractivity contribution in [2.75, 3.05) is 0 Å². The van der Waals surface area contributed by atoms with Crippen LogP contribution in [0.2, 0.25) is 0 Å². The molecule has 0 aliphatic carbocycles. The van der Waals surface area contributed by atoms with Gasteiger partial charge in [-0.25, -0.2) is 0 Å². The molecule has 5 nitrogen and oxygen atoms in total.